The average Bonchev–Trinajstić information content (AvgIpc) is 2.28. The highest BCUT2D eigenvalue weighted by molar-refractivity contribution is 7.72. The first-order valence-electron chi connectivity index (χ1n) is 4.84. The maximum atomic E-state index is 11.6. The van der Waals surface area contributed by atoms with E-state index in [-0.39, 0.29) is 0 Å². The van der Waals surface area contributed by atoms with Gasteiger partial charge in [-0.3, -0.25) is 9.13 Å². The molecule has 0 heterocycles. The zero-order valence-corrected chi connectivity index (χ0v) is 11.3. The van der Waals surface area contributed by atoms with Gasteiger partial charge >= 0.3 is 15.2 Å². The number of hydrogen-bond acceptors (Lipinski definition) is 4. The van der Waals surface area contributed by atoms with E-state index in [2.05, 4.69) is 4.52 Å². The Morgan fingerprint density at radius 3 is 2.06 bits per heavy atom. The highest BCUT2D eigenvalue weighted by Crippen LogP contribution is 2.70. The fourth-order valence-corrected chi connectivity index (χ4v) is 4.01. The first-order chi connectivity index (χ1) is 8.14. The lowest BCUT2D eigenvalue weighted by molar-refractivity contribution is 0.123. The Bertz CT molecular complexity index is 497. The summed E-state index contributed by atoms with van der Waals surface area (Å²) in [6, 6.07) is 7.75. The predicted molar refractivity (Wildman–Crippen MR) is 64.0 cm³/mol. The lowest BCUT2D eigenvalue weighted by Crippen LogP contribution is -2.32. The summed E-state index contributed by atoms with van der Waals surface area (Å²) in [6.45, 7) is 0. The van der Waals surface area contributed by atoms with Gasteiger partial charge in [0, 0.05) is 13.5 Å². The van der Waals surface area contributed by atoms with Gasteiger partial charge in [0.2, 0.25) is 0 Å². The van der Waals surface area contributed by atoms with E-state index in [0.717, 1.165) is 7.11 Å². The molecule has 18 heavy (non-hydrogen) atoms. The lowest BCUT2D eigenvalue weighted by Gasteiger charge is -2.31. The number of benzene rings is 1. The monoisotopic (exact) mass is 296 g/mol. The fraction of sp³-hybridized carbons (Fsp3) is 0.333. The number of aliphatic hydroxyl groups is 1. The van der Waals surface area contributed by atoms with Gasteiger partial charge in [0.05, 0.1) is 0 Å². The van der Waals surface area contributed by atoms with Crippen LogP contribution >= 0.6 is 15.2 Å². The van der Waals surface area contributed by atoms with Crippen LogP contribution in [0.5, 0.6) is 0 Å². The summed E-state index contributed by atoms with van der Waals surface area (Å²) in [5.74, 6) is 0. The van der Waals surface area contributed by atoms with Crippen LogP contribution in [0.4, 0.5) is 0 Å². The van der Waals surface area contributed by atoms with Crippen LogP contribution in [0, 0.1) is 0 Å². The van der Waals surface area contributed by atoms with Crippen LogP contribution < -0.4 is 0 Å². The second-order valence-electron chi connectivity index (χ2n) is 3.68. The van der Waals surface area contributed by atoms with Gasteiger partial charge < -0.3 is 24.3 Å². The minimum absolute atomic E-state index is 0.301. The molecule has 0 aliphatic rings. The van der Waals surface area contributed by atoms with E-state index in [0.29, 0.717) is 5.56 Å². The molecule has 0 spiro atoms. The first kappa shape index (κ1) is 15.5. The molecule has 0 amide bonds. The highest BCUT2D eigenvalue weighted by atomic mass is 31.2. The molecule has 0 aliphatic heterocycles. The second-order valence-corrected chi connectivity index (χ2v) is 8.01. The Hall–Kier alpha value is -0.520. The van der Waals surface area contributed by atoms with Crippen molar-refractivity contribution < 1.29 is 33.4 Å². The van der Waals surface area contributed by atoms with Crippen molar-refractivity contribution in [2.45, 2.75) is 11.5 Å². The molecule has 1 rings (SSSR count). The van der Waals surface area contributed by atoms with E-state index in [4.69, 9.17) is 9.79 Å². The van der Waals surface area contributed by atoms with E-state index in [9.17, 15) is 19.1 Å². The van der Waals surface area contributed by atoms with Gasteiger partial charge in [0.25, 0.3) is 5.08 Å². The average molecular weight is 296 g/mol. The summed E-state index contributed by atoms with van der Waals surface area (Å²) in [4.78, 5) is 27.7. The molecular weight excluding hydrogens is 282 g/mol. The Morgan fingerprint density at radius 2 is 1.67 bits per heavy atom. The molecule has 1 aromatic carbocycles. The molecule has 4 N–H and O–H groups in total. The molecule has 0 saturated heterocycles. The Balaban J connectivity index is 3.24. The van der Waals surface area contributed by atoms with Gasteiger partial charge in [-0.05, 0) is 5.56 Å². The van der Waals surface area contributed by atoms with E-state index in [1.165, 1.54) is 12.1 Å². The van der Waals surface area contributed by atoms with Crippen molar-refractivity contribution in [3.8, 4) is 0 Å². The quantitative estimate of drug-likeness (QED) is 0.594. The molecule has 2 atom stereocenters. The molecule has 0 saturated carbocycles. The standard InChI is InChI=1S/C9H14O7P2/c1-16-18(14,15)9(10,17(11,12)13)7-8-5-3-2-4-6-8/h2-6,10H,7H2,1H3,(H,14,15)(H2,11,12,13). The highest BCUT2D eigenvalue weighted by Gasteiger charge is 2.60. The van der Waals surface area contributed by atoms with Gasteiger partial charge in [-0.25, -0.2) is 0 Å². The lowest BCUT2D eigenvalue weighted by atomic mass is 10.2. The molecule has 0 bridgehead atoms. The van der Waals surface area contributed by atoms with Crippen molar-refractivity contribution in [1.29, 1.82) is 0 Å². The van der Waals surface area contributed by atoms with Gasteiger partial charge in [0.1, 0.15) is 0 Å². The third kappa shape index (κ3) is 2.90. The Morgan fingerprint density at radius 1 is 1.17 bits per heavy atom. The van der Waals surface area contributed by atoms with Crippen molar-refractivity contribution in [2.75, 3.05) is 7.11 Å². The molecule has 9 heteroatoms. The van der Waals surface area contributed by atoms with E-state index < -0.39 is 26.7 Å². The molecule has 0 fully saturated rings. The molecule has 7 nitrogen and oxygen atoms in total. The van der Waals surface area contributed by atoms with Crippen molar-refractivity contribution in [2.24, 2.45) is 0 Å². The minimum atomic E-state index is -5.27. The summed E-state index contributed by atoms with van der Waals surface area (Å²) in [5.41, 5.74) is 0.301. The van der Waals surface area contributed by atoms with Crippen LogP contribution in [0.1, 0.15) is 5.56 Å². The van der Waals surface area contributed by atoms with Crippen LogP contribution in [0.25, 0.3) is 0 Å². The summed E-state index contributed by atoms with van der Waals surface area (Å²) in [7, 11) is -9.37. The molecule has 0 aliphatic carbocycles. The van der Waals surface area contributed by atoms with E-state index in [1.54, 1.807) is 18.2 Å². The topological polar surface area (TPSA) is 124 Å². The van der Waals surface area contributed by atoms with Crippen LogP contribution in [0.3, 0.4) is 0 Å². The fourth-order valence-electron chi connectivity index (χ4n) is 1.38. The molecular formula is C9H14O7P2. The zero-order chi connectivity index (χ0) is 14.0. The van der Waals surface area contributed by atoms with Crippen molar-refractivity contribution in [1.82, 2.24) is 0 Å². The third-order valence-corrected chi connectivity index (χ3v) is 6.64. The first-order valence-corrected chi connectivity index (χ1v) is 8.03. The molecule has 0 aromatic heterocycles. The van der Waals surface area contributed by atoms with Crippen LogP contribution in [-0.2, 0) is 20.1 Å². The second kappa shape index (κ2) is 5.23. The van der Waals surface area contributed by atoms with Crippen molar-refractivity contribution in [3.63, 3.8) is 0 Å². The van der Waals surface area contributed by atoms with Crippen LogP contribution in [0.2, 0.25) is 0 Å². The maximum Gasteiger partial charge on any atom is 0.372 e. The van der Waals surface area contributed by atoms with Gasteiger partial charge in [-0.2, -0.15) is 0 Å². The van der Waals surface area contributed by atoms with Crippen LogP contribution in [-0.4, -0.2) is 32.0 Å². The number of rotatable bonds is 5. The molecule has 1 aromatic rings. The van der Waals surface area contributed by atoms with Gasteiger partial charge in [-0.15, -0.1) is 0 Å². The largest absolute Gasteiger partial charge is 0.372 e. The SMILES string of the molecule is COP(=O)(O)C(O)(Cc1ccccc1)P(=O)(O)O. The molecule has 2 unspecified atom stereocenters. The molecule has 102 valence electrons. The smallest absolute Gasteiger partial charge is 0.367 e. The van der Waals surface area contributed by atoms with E-state index >= 15 is 0 Å². The van der Waals surface area contributed by atoms with E-state index in [1.807, 2.05) is 0 Å². The van der Waals surface area contributed by atoms with Gasteiger partial charge in [-0.1, -0.05) is 30.3 Å². The summed E-state index contributed by atoms with van der Waals surface area (Å²) in [5, 5.41) is 6.77. The summed E-state index contributed by atoms with van der Waals surface area (Å²) >= 11 is 0. The predicted octanol–water partition coefficient (Wildman–Crippen LogP) is 0.885. The minimum Gasteiger partial charge on any atom is -0.367 e. The molecule has 0 radical (unpaired) electrons. The van der Waals surface area contributed by atoms with Crippen LogP contribution in [0.15, 0.2) is 30.3 Å². The Kier molecular flexibility index (Phi) is 4.51. The zero-order valence-electron chi connectivity index (χ0n) is 9.50. The summed E-state index contributed by atoms with van der Waals surface area (Å²) < 4.78 is 27.1. The van der Waals surface area contributed by atoms with Crippen molar-refractivity contribution >= 4 is 15.2 Å². The Labute approximate surface area is 104 Å². The van der Waals surface area contributed by atoms with Crippen molar-refractivity contribution in [3.05, 3.63) is 35.9 Å². The maximum absolute atomic E-state index is 11.6. The number of hydrogen-bond donors (Lipinski definition) is 4. The third-order valence-electron chi connectivity index (χ3n) is 2.45. The van der Waals surface area contributed by atoms with Gasteiger partial charge in [0.15, 0.2) is 0 Å². The normalized spacial score (nSPS) is 18.9. The summed E-state index contributed by atoms with van der Waals surface area (Å²) in [6.07, 6.45) is -0.695.